The molecule has 1 saturated heterocycles. The van der Waals surface area contributed by atoms with Gasteiger partial charge in [-0.05, 0) is 45.0 Å². The van der Waals surface area contributed by atoms with E-state index in [0.29, 0.717) is 18.7 Å². The van der Waals surface area contributed by atoms with Crippen molar-refractivity contribution in [1.82, 2.24) is 30.0 Å². The number of hydrogen-bond acceptors (Lipinski definition) is 7. The summed E-state index contributed by atoms with van der Waals surface area (Å²) in [7, 11) is 3.75. The van der Waals surface area contributed by atoms with E-state index in [1.807, 2.05) is 38.1 Å². The summed E-state index contributed by atoms with van der Waals surface area (Å²) >= 11 is 1.49. The molecule has 152 valence electrons. The average Bonchev–Trinajstić information content (AvgIpc) is 3.13. The van der Waals surface area contributed by atoms with E-state index in [0.717, 1.165) is 26.5 Å². The van der Waals surface area contributed by atoms with E-state index in [9.17, 15) is 9.18 Å². The number of rotatable bonds is 4. The Morgan fingerprint density at radius 2 is 2.03 bits per heavy atom. The van der Waals surface area contributed by atoms with Gasteiger partial charge in [0.05, 0.1) is 18.7 Å². The van der Waals surface area contributed by atoms with Crippen LogP contribution in [-0.2, 0) is 11.2 Å². The summed E-state index contributed by atoms with van der Waals surface area (Å²) in [5, 5.41) is 11.7. The molecule has 2 atom stereocenters. The lowest BCUT2D eigenvalue weighted by Crippen LogP contribution is -2.52. The van der Waals surface area contributed by atoms with Crippen LogP contribution in [-0.4, -0.2) is 75.3 Å². The van der Waals surface area contributed by atoms with Crippen LogP contribution < -0.4 is 0 Å². The molecule has 4 heterocycles. The van der Waals surface area contributed by atoms with Crippen molar-refractivity contribution in [2.75, 3.05) is 27.2 Å². The largest absolute Gasteiger partial charge is 0.339 e. The first-order valence-electron chi connectivity index (χ1n) is 9.54. The summed E-state index contributed by atoms with van der Waals surface area (Å²) in [5.41, 5.74) is 1.41. The molecule has 3 aromatic heterocycles. The van der Waals surface area contributed by atoms with Crippen molar-refractivity contribution in [3.05, 3.63) is 35.2 Å². The molecule has 7 nitrogen and oxygen atoms in total. The lowest BCUT2D eigenvalue weighted by molar-refractivity contribution is -0.133. The third-order valence-corrected chi connectivity index (χ3v) is 6.12. The molecule has 29 heavy (non-hydrogen) atoms. The van der Waals surface area contributed by atoms with Gasteiger partial charge in [0.1, 0.15) is 16.9 Å². The van der Waals surface area contributed by atoms with Gasteiger partial charge in [0.15, 0.2) is 5.01 Å². The predicted molar refractivity (Wildman–Crippen MR) is 110 cm³/mol. The van der Waals surface area contributed by atoms with Gasteiger partial charge in [-0.2, -0.15) is 0 Å². The van der Waals surface area contributed by atoms with Crippen molar-refractivity contribution >= 4 is 28.0 Å². The number of amides is 1. The van der Waals surface area contributed by atoms with E-state index in [-0.39, 0.29) is 24.9 Å². The van der Waals surface area contributed by atoms with Gasteiger partial charge in [-0.15, -0.1) is 10.2 Å². The first-order valence-corrected chi connectivity index (χ1v) is 10.4. The number of alkyl halides is 1. The highest BCUT2D eigenvalue weighted by atomic mass is 32.1. The molecule has 1 amide bonds. The molecule has 3 aromatic rings. The van der Waals surface area contributed by atoms with E-state index in [1.54, 1.807) is 17.3 Å². The van der Waals surface area contributed by atoms with Crippen molar-refractivity contribution in [3.8, 4) is 10.7 Å². The van der Waals surface area contributed by atoms with Crippen LogP contribution in [0.2, 0.25) is 0 Å². The summed E-state index contributed by atoms with van der Waals surface area (Å²) in [4.78, 5) is 25.0. The van der Waals surface area contributed by atoms with Gasteiger partial charge in [-0.25, -0.2) is 4.39 Å². The molecule has 0 spiro atoms. The number of carbonyl (C=O) groups excluding carboxylic acids is 1. The Kier molecular flexibility index (Phi) is 5.51. The summed E-state index contributed by atoms with van der Waals surface area (Å²) < 4.78 is 14.4. The average molecular weight is 415 g/mol. The first kappa shape index (κ1) is 19.8. The predicted octanol–water partition coefficient (Wildman–Crippen LogP) is 2.50. The lowest BCUT2D eigenvalue weighted by atomic mass is 10.0. The molecule has 0 aliphatic carbocycles. The second-order valence-corrected chi connectivity index (χ2v) is 8.75. The maximum absolute atomic E-state index is 14.4. The van der Waals surface area contributed by atoms with Crippen LogP contribution in [0.15, 0.2) is 24.5 Å². The zero-order chi connectivity index (χ0) is 20.5. The minimum absolute atomic E-state index is 0.0919. The van der Waals surface area contributed by atoms with E-state index in [4.69, 9.17) is 0 Å². The highest BCUT2D eigenvalue weighted by molar-refractivity contribution is 7.14. The third kappa shape index (κ3) is 4.25. The quantitative estimate of drug-likeness (QED) is 0.653. The molecule has 1 aliphatic heterocycles. The van der Waals surface area contributed by atoms with Crippen molar-refractivity contribution < 1.29 is 9.18 Å². The van der Waals surface area contributed by atoms with Gasteiger partial charge >= 0.3 is 0 Å². The molecular weight excluding hydrogens is 391 g/mol. The number of fused-ring (bicyclic) bond motifs is 1. The molecule has 9 heteroatoms. The maximum Gasteiger partial charge on any atom is 0.228 e. The Labute approximate surface area is 172 Å². The molecular formula is C20H23FN6OS. The maximum atomic E-state index is 14.4. The van der Waals surface area contributed by atoms with Crippen LogP contribution in [0.3, 0.4) is 0 Å². The Morgan fingerprint density at radius 3 is 2.72 bits per heavy atom. The number of aryl methyl sites for hydroxylation is 1. The molecule has 0 bridgehead atoms. The molecule has 0 aromatic carbocycles. The van der Waals surface area contributed by atoms with Crippen molar-refractivity contribution in [2.45, 2.75) is 32.0 Å². The van der Waals surface area contributed by atoms with Crippen LogP contribution in [0, 0.1) is 6.92 Å². The van der Waals surface area contributed by atoms with Gasteiger partial charge in [-0.1, -0.05) is 11.3 Å². The van der Waals surface area contributed by atoms with Crippen LogP contribution in [0.5, 0.6) is 0 Å². The molecule has 0 radical (unpaired) electrons. The molecule has 0 N–H and O–H groups in total. The van der Waals surface area contributed by atoms with Crippen molar-refractivity contribution in [2.24, 2.45) is 0 Å². The van der Waals surface area contributed by atoms with E-state index >= 15 is 0 Å². The number of carbonyl (C=O) groups is 1. The summed E-state index contributed by atoms with van der Waals surface area (Å²) in [6, 6.07) is 3.70. The van der Waals surface area contributed by atoms with E-state index < -0.39 is 6.17 Å². The first-order chi connectivity index (χ1) is 13.9. The van der Waals surface area contributed by atoms with Gasteiger partial charge < -0.3 is 9.80 Å². The second kappa shape index (κ2) is 8.08. The van der Waals surface area contributed by atoms with Crippen molar-refractivity contribution in [1.29, 1.82) is 0 Å². The van der Waals surface area contributed by atoms with Crippen LogP contribution >= 0.6 is 11.3 Å². The number of nitrogens with zero attached hydrogens (tertiary/aromatic N) is 6. The molecule has 1 fully saturated rings. The van der Waals surface area contributed by atoms with Crippen LogP contribution in [0.25, 0.3) is 21.5 Å². The highest BCUT2D eigenvalue weighted by Crippen LogP contribution is 2.25. The number of halogens is 1. The zero-order valence-electron chi connectivity index (χ0n) is 16.7. The summed E-state index contributed by atoms with van der Waals surface area (Å²) in [5.74, 6) is -0.0919. The minimum atomic E-state index is -1.03. The van der Waals surface area contributed by atoms with E-state index in [2.05, 4.69) is 20.2 Å². The fourth-order valence-electron chi connectivity index (χ4n) is 3.66. The SMILES string of the molecule is Cc1nnc(-c2cc3cc(CC(=O)N4CC[C@H](N(C)C)[C@@H](F)C4)ncc3cn2)s1. The summed E-state index contributed by atoms with van der Waals surface area (Å²) in [6.07, 6.45) is 3.23. The minimum Gasteiger partial charge on any atom is -0.339 e. The van der Waals surface area contributed by atoms with Gasteiger partial charge in [0, 0.05) is 30.4 Å². The number of piperidine rings is 1. The number of aromatic nitrogens is 4. The molecule has 4 rings (SSSR count). The van der Waals surface area contributed by atoms with Crippen molar-refractivity contribution in [3.63, 3.8) is 0 Å². The second-order valence-electron chi connectivity index (χ2n) is 7.57. The zero-order valence-corrected chi connectivity index (χ0v) is 17.5. The van der Waals surface area contributed by atoms with Gasteiger partial charge in [0.2, 0.25) is 5.91 Å². The monoisotopic (exact) mass is 414 g/mol. The Hall–Kier alpha value is -2.52. The number of pyridine rings is 2. The smallest absolute Gasteiger partial charge is 0.228 e. The van der Waals surface area contributed by atoms with Crippen LogP contribution in [0.4, 0.5) is 4.39 Å². The molecule has 0 unspecified atom stereocenters. The fraction of sp³-hybridized carbons (Fsp3) is 0.450. The standard InChI is InChI=1S/C20H23FN6OS/c1-12-24-25-20(29-12)17-7-13-6-15(22-9-14(13)10-23-17)8-19(28)27-5-4-18(26(2)3)16(21)11-27/h6-7,9-10,16,18H,4-5,8,11H2,1-3H3/t16-,18-/m0/s1. The Morgan fingerprint density at radius 1 is 1.24 bits per heavy atom. The lowest BCUT2D eigenvalue weighted by Gasteiger charge is -2.37. The van der Waals surface area contributed by atoms with E-state index in [1.165, 1.54) is 11.3 Å². The Balaban J connectivity index is 1.50. The third-order valence-electron chi connectivity index (χ3n) is 5.26. The van der Waals surface area contributed by atoms with Gasteiger partial charge in [0.25, 0.3) is 0 Å². The Bertz CT molecular complexity index is 1040. The number of hydrogen-bond donors (Lipinski definition) is 0. The number of likely N-dealkylation sites (tertiary alicyclic amines) is 1. The normalized spacial score (nSPS) is 19.8. The molecule has 1 aliphatic rings. The van der Waals surface area contributed by atoms with Gasteiger partial charge in [-0.3, -0.25) is 14.8 Å². The topological polar surface area (TPSA) is 75.1 Å². The highest BCUT2D eigenvalue weighted by Gasteiger charge is 2.32. The summed E-state index contributed by atoms with van der Waals surface area (Å²) in [6.45, 7) is 2.61. The fourth-order valence-corrected chi connectivity index (χ4v) is 4.32. The van der Waals surface area contributed by atoms with Crippen LogP contribution in [0.1, 0.15) is 17.1 Å². The molecule has 0 saturated carbocycles.